The molecule has 0 amide bonds. The average Bonchev–Trinajstić information content (AvgIpc) is 2.97. The van der Waals surface area contributed by atoms with Gasteiger partial charge in [0.05, 0.1) is 23.7 Å². The van der Waals surface area contributed by atoms with Gasteiger partial charge in [-0.25, -0.2) is 0 Å². The molecule has 2 aromatic rings. The number of aliphatic hydroxyl groups is 1. The molecule has 0 spiro atoms. The van der Waals surface area contributed by atoms with E-state index in [4.69, 9.17) is 0 Å². The van der Waals surface area contributed by atoms with E-state index < -0.39 is 23.6 Å². The number of aliphatic hydroxyl groups excluding tert-OH is 1. The largest absolute Gasteiger partial charge is 0.510 e. The SMILES string of the molecule is C=CCN1CC(O)=C(C(=O)c2cccnc2)C1c1ccc(C(F)(F)F)cc1. The molecule has 4 nitrogen and oxygen atoms in total. The van der Waals surface area contributed by atoms with Crippen molar-refractivity contribution in [2.45, 2.75) is 12.2 Å². The van der Waals surface area contributed by atoms with Crippen LogP contribution in [0.15, 0.2) is 72.8 Å². The molecule has 3 rings (SSSR count). The molecule has 0 saturated carbocycles. The first-order valence-electron chi connectivity index (χ1n) is 8.21. The minimum absolute atomic E-state index is 0.101. The molecule has 1 N–H and O–H groups in total. The Labute approximate surface area is 154 Å². The van der Waals surface area contributed by atoms with Gasteiger partial charge in [-0.2, -0.15) is 13.2 Å². The van der Waals surface area contributed by atoms with Crippen molar-refractivity contribution >= 4 is 5.78 Å². The summed E-state index contributed by atoms with van der Waals surface area (Å²) in [6.45, 7) is 4.14. The van der Waals surface area contributed by atoms with Gasteiger partial charge < -0.3 is 5.11 Å². The lowest BCUT2D eigenvalue weighted by atomic mass is 9.93. The number of benzene rings is 1. The quantitative estimate of drug-likeness (QED) is 0.625. The maximum Gasteiger partial charge on any atom is 0.416 e. The van der Waals surface area contributed by atoms with Crippen molar-refractivity contribution in [3.63, 3.8) is 0 Å². The van der Waals surface area contributed by atoms with Crippen LogP contribution < -0.4 is 0 Å². The van der Waals surface area contributed by atoms with Crippen LogP contribution in [-0.2, 0) is 6.18 Å². The Kier molecular flexibility index (Phi) is 5.14. The number of Topliss-reactive ketones (excluding diaryl/α,β-unsaturated/α-hetero) is 1. The summed E-state index contributed by atoms with van der Waals surface area (Å²) in [4.78, 5) is 18.6. The van der Waals surface area contributed by atoms with Gasteiger partial charge in [0.25, 0.3) is 0 Å². The molecule has 1 aliphatic heterocycles. The second kappa shape index (κ2) is 7.36. The molecule has 1 aromatic carbocycles. The van der Waals surface area contributed by atoms with E-state index in [1.807, 2.05) is 0 Å². The summed E-state index contributed by atoms with van der Waals surface area (Å²) in [5.74, 6) is -0.507. The maximum absolute atomic E-state index is 12.9. The molecule has 7 heteroatoms. The van der Waals surface area contributed by atoms with Crippen molar-refractivity contribution in [3.8, 4) is 0 Å². The Hall–Kier alpha value is -2.93. The molecule has 1 unspecified atom stereocenters. The molecule has 27 heavy (non-hydrogen) atoms. The van der Waals surface area contributed by atoms with Gasteiger partial charge in [0, 0.05) is 24.5 Å². The first-order valence-corrected chi connectivity index (χ1v) is 8.21. The van der Waals surface area contributed by atoms with Gasteiger partial charge >= 0.3 is 6.18 Å². The Morgan fingerprint density at radius 2 is 2.00 bits per heavy atom. The molecule has 0 saturated heterocycles. The number of hydrogen-bond donors (Lipinski definition) is 1. The number of carbonyl (C=O) groups excluding carboxylic acids is 1. The number of nitrogens with zero attached hydrogens (tertiary/aromatic N) is 2. The van der Waals surface area contributed by atoms with Gasteiger partial charge in [0.15, 0.2) is 5.78 Å². The summed E-state index contributed by atoms with van der Waals surface area (Å²) in [6.07, 6.45) is 0.0861. The van der Waals surface area contributed by atoms with Gasteiger partial charge in [-0.1, -0.05) is 18.2 Å². The standard InChI is InChI=1S/C20H17F3N2O2/c1-2-10-25-12-16(26)17(19(27)14-4-3-9-24-11-14)18(25)13-5-7-15(8-6-13)20(21,22)23/h2-9,11,18,26H,1,10,12H2. The van der Waals surface area contributed by atoms with Gasteiger partial charge in [-0.15, -0.1) is 6.58 Å². The van der Waals surface area contributed by atoms with Crippen molar-refractivity contribution in [1.82, 2.24) is 9.88 Å². The van der Waals surface area contributed by atoms with Crippen LogP contribution in [0.2, 0.25) is 0 Å². The maximum atomic E-state index is 12.9. The van der Waals surface area contributed by atoms with Gasteiger partial charge in [-0.3, -0.25) is 14.7 Å². The summed E-state index contributed by atoms with van der Waals surface area (Å²) in [7, 11) is 0. The van der Waals surface area contributed by atoms with Crippen LogP contribution in [0.25, 0.3) is 0 Å². The van der Waals surface area contributed by atoms with Crippen LogP contribution in [0, 0.1) is 0 Å². The second-order valence-electron chi connectivity index (χ2n) is 6.17. The van der Waals surface area contributed by atoms with E-state index >= 15 is 0 Å². The van der Waals surface area contributed by atoms with Crippen LogP contribution in [0.3, 0.4) is 0 Å². The highest BCUT2D eigenvalue weighted by Crippen LogP contribution is 2.39. The number of rotatable bonds is 5. The molecule has 140 valence electrons. The molecule has 1 aromatic heterocycles. The second-order valence-corrected chi connectivity index (χ2v) is 6.17. The number of alkyl halides is 3. The number of hydrogen-bond acceptors (Lipinski definition) is 4. The zero-order valence-electron chi connectivity index (χ0n) is 14.3. The molecule has 0 aliphatic carbocycles. The minimum Gasteiger partial charge on any atom is -0.510 e. The number of halogens is 3. The lowest BCUT2D eigenvalue weighted by Crippen LogP contribution is -2.27. The highest BCUT2D eigenvalue weighted by atomic mass is 19.4. The molecule has 0 fully saturated rings. The van der Waals surface area contributed by atoms with Crippen LogP contribution >= 0.6 is 0 Å². The first kappa shape index (κ1) is 18.8. The monoisotopic (exact) mass is 374 g/mol. The predicted octanol–water partition coefficient (Wildman–Crippen LogP) is 4.34. The summed E-state index contributed by atoms with van der Waals surface area (Å²) < 4.78 is 38.5. The summed E-state index contributed by atoms with van der Waals surface area (Å²) in [6, 6.07) is 7.13. The third-order valence-electron chi connectivity index (χ3n) is 4.39. The van der Waals surface area contributed by atoms with Crippen molar-refractivity contribution in [2.24, 2.45) is 0 Å². The van der Waals surface area contributed by atoms with E-state index in [0.717, 1.165) is 12.1 Å². The molecule has 1 aliphatic rings. The van der Waals surface area contributed by atoms with Gasteiger partial charge in [0.2, 0.25) is 0 Å². The number of ketones is 1. The van der Waals surface area contributed by atoms with Crippen molar-refractivity contribution < 1.29 is 23.1 Å². The highest BCUT2D eigenvalue weighted by molar-refractivity contribution is 6.10. The minimum atomic E-state index is -4.44. The zero-order chi connectivity index (χ0) is 19.6. The first-order chi connectivity index (χ1) is 12.8. The highest BCUT2D eigenvalue weighted by Gasteiger charge is 2.38. The Morgan fingerprint density at radius 1 is 1.30 bits per heavy atom. The fraction of sp³-hybridized carbons (Fsp3) is 0.200. The topological polar surface area (TPSA) is 53.4 Å². The molecule has 0 bridgehead atoms. The van der Waals surface area contributed by atoms with E-state index in [0.29, 0.717) is 17.7 Å². The molecule has 1 atom stereocenters. The summed E-state index contributed by atoms with van der Waals surface area (Å²) in [5.41, 5.74) is 0.162. The fourth-order valence-electron chi connectivity index (χ4n) is 3.18. The lowest BCUT2D eigenvalue weighted by Gasteiger charge is -2.25. The summed E-state index contributed by atoms with van der Waals surface area (Å²) >= 11 is 0. The summed E-state index contributed by atoms with van der Waals surface area (Å²) in [5, 5.41) is 10.4. The predicted molar refractivity (Wildman–Crippen MR) is 94.2 cm³/mol. The van der Waals surface area contributed by atoms with E-state index in [9.17, 15) is 23.1 Å². The fourth-order valence-corrected chi connectivity index (χ4v) is 3.18. The number of pyridine rings is 1. The van der Waals surface area contributed by atoms with Crippen molar-refractivity contribution in [3.05, 3.63) is 89.5 Å². The molecule has 0 radical (unpaired) electrons. The lowest BCUT2D eigenvalue weighted by molar-refractivity contribution is -0.137. The van der Waals surface area contributed by atoms with Gasteiger partial charge in [0.1, 0.15) is 5.76 Å². The molecular weight excluding hydrogens is 357 g/mol. The Morgan fingerprint density at radius 3 is 2.56 bits per heavy atom. The Bertz CT molecular complexity index is 874. The van der Waals surface area contributed by atoms with E-state index in [-0.39, 0.29) is 17.9 Å². The third kappa shape index (κ3) is 3.78. The van der Waals surface area contributed by atoms with Crippen LogP contribution in [-0.4, -0.2) is 33.9 Å². The third-order valence-corrected chi connectivity index (χ3v) is 4.39. The van der Waals surface area contributed by atoms with E-state index in [1.54, 1.807) is 23.1 Å². The van der Waals surface area contributed by atoms with Crippen molar-refractivity contribution in [2.75, 3.05) is 13.1 Å². The van der Waals surface area contributed by atoms with E-state index in [2.05, 4.69) is 11.6 Å². The normalized spacial score (nSPS) is 18.0. The number of aromatic nitrogens is 1. The van der Waals surface area contributed by atoms with Crippen molar-refractivity contribution in [1.29, 1.82) is 0 Å². The van der Waals surface area contributed by atoms with Gasteiger partial charge in [-0.05, 0) is 29.8 Å². The van der Waals surface area contributed by atoms with Crippen LogP contribution in [0.1, 0.15) is 27.5 Å². The van der Waals surface area contributed by atoms with E-state index in [1.165, 1.54) is 24.5 Å². The Balaban J connectivity index is 2.02. The number of carbonyl (C=O) groups is 1. The average molecular weight is 374 g/mol. The van der Waals surface area contributed by atoms with Crippen LogP contribution in [0.4, 0.5) is 13.2 Å². The zero-order valence-corrected chi connectivity index (χ0v) is 14.3. The smallest absolute Gasteiger partial charge is 0.416 e. The molecular formula is C20H17F3N2O2. The van der Waals surface area contributed by atoms with Crippen LogP contribution in [0.5, 0.6) is 0 Å². The molecule has 2 heterocycles.